The maximum atomic E-state index is 10.6. The van der Waals surface area contributed by atoms with Gasteiger partial charge in [-0.2, -0.15) is 0 Å². The lowest BCUT2D eigenvalue weighted by Crippen LogP contribution is -2.04. The molecule has 2 aromatic rings. The Kier molecular flexibility index (Phi) is 3.92. The van der Waals surface area contributed by atoms with Crippen LogP contribution in [0.1, 0.15) is 5.69 Å². The van der Waals surface area contributed by atoms with Gasteiger partial charge in [-0.15, -0.1) is 0 Å². The fraction of sp³-hybridized carbons (Fsp3) is 0.154. The van der Waals surface area contributed by atoms with Crippen LogP contribution in [0.15, 0.2) is 36.7 Å². The minimum absolute atomic E-state index is 0.125. The van der Waals surface area contributed by atoms with E-state index in [2.05, 4.69) is 15.3 Å². The molecule has 1 aromatic carbocycles. The van der Waals surface area contributed by atoms with Crippen molar-refractivity contribution in [2.75, 3.05) is 12.4 Å². The second-order valence-electron chi connectivity index (χ2n) is 3.82. The van der Waals surface area contributed by atoms with Crippen molar-refractivity contribution in [3.8, 4) is 5.75 Å². The number of ether oxygens (including phenoxy) is 1. The molecule has 2 rings (SSSR count). The van der Waals surface area contributed by atoms with Crippen LogP contribution in [0, 0.1) is 0 Å². The van der Waals surface area contributed by atoms with E-state index in [-0.39, 0.29) is 6.42 Å². The van der Waals surface area contributed by atoms with Crippen molar-refractivity contribution < 1.29 is 14.6 Å². The number of hydrogen-bond acceptors (Lipinski definition) is 5. The Labute approximate surface area is 110 Å². The van der Waals surface area contributed by atoms with Crippen molar-refractivity contribution >= 4 is 17.5 Å². The summed E-state index contributed by atoms with van der Waals surface area (Å²) in [5, 5.41) is 11.8. The Bertz CT molecular complexity index is 570. The molecule has 19 heavy (non-hydrogen) atoms. The molecule has 0 aliphatic rings. The zero-order valence-corrected chi connectivity index (χ0v) is 10.3. The molecule has 0 bridgehead atoms. The topological polar surface area (TPSA) is 84.3 Å². The molecular formula is C13H13N3O3. The fourth-order valence-electron chi connectivity index (χ4n) is 1.54. The number of rotatable bonds is 5. The van der Waals surface area contributed by atoms with Crippen LogP contribution in [-0.4, -0.2) is 28.2 Å². The van der Waals surface area contributed by atoms with Gasteiger partial charge in [-0.3, -0.25) is 4.79 Å². The van der Waals surface area contributed by atoms with Crippen LogP contribution in [0.2, 0.25) is 0 Å². The van der Waals surface area contributed by atoms with Crippen molar-refractivity contribution in [2.45, 2.75) is 6.42 Å². The number of aromatic nitrogens is 2. The number of hydrogen-bond donors (Lipinski definition) is 2. The van der Waals surface area contributed by atoms with Gasteiger partial charge in [0.05, 0.1) is 19.2 Å². The fourth-order valence-corrected chi connectivity index (χ4v) is 1.54. The van der Waals surface area contributed by atoms with Crippen LogP contribution in [0.25, 0.3) is 0 Å². The predicted molar refractivity (Wildman–Crippen MR) is 69.6 cm³/mol. The van der Waals surface area contributed by atoms with E-state index < -0.39 is 5.97 Å². The molecule has 1 heterocycles. The molecule has 0 aliphatic carbocycles. The normalized spacial score (nSPS) is 9.95. The molecule has 0 atom stereocenters. The van der Waals surface area contributed by atoms with Crippen LogP contribution in [0.5, 0.6) is 5.75 Å². The highest BCUT2D eigenvalue weighted by molar-refractivity contribution is 5.70. The summed E-state index contributed by atoms with van der Waals surface area (Å²) in [4.78, 5) is 18.5. The highest BCUT2D eigenvalue weighted by Crippen LogP contribution is 2.18. The summed E-state index contributed by atoms with van der Waals surface area (Å²) in [7, 11) is 1.60. The SMILES string of the molecule is COc1ccc(Nc2cc(CC(=O)O)ncn2)cc1. The number of nitrogens with one attached hydrogen (secondary N) is 1. The third-order valence-corrected chi connectivity index (χ3v) is 2.42. The first-order chi connectivity index (χ1) is 9.17. The van der Waals surface area contributed by atoms with Gasteiger partial charge < -0.3 is 15.2 Å². The molecule has 0 unspecified atom stereocenters. The quantitative estimate of drug-likeness (QED) is 0.852. The van der Waals surface area contributed by atoms with E-state index in [9.17, 15) is 4.79 Å². The summed E-state index contributed by atoms with van der Waals surface area (Å²) >= 11 is 0. The molecule has 0 radical (unpaired) electrons. The molecule has 98 valence electrons. The zero-order chi connectivity index (χ0) is 13.7. The summed E-state index contributed by atoms with van der Waals surface area (Å²) < 4.78 is 5.06. The number of methoxy groups -OCH3 is 1. The maximum absolute atomic E-state index is 10.6. The number of nitrogens with zero attached hydrogens (tertiary/aromatic N) is 2. The summed E-state index contributed by atoms with van der Waals surface area (Å²) in [6, 6.07) is 8.94. The second-order valence-corrected chi connectivity index (χ2v) is 3.82. The van der Waals surface area contributed by atoms with Crippen molar-refractivity contribution in [1.29, 1.82) is 0 Å². The molecule has 0 aliphatic heterocycles. The predicted octanol–water partition coefficient (Wildman–Crippen LogP) is 1.86. The van der Waals surface area contributed by atoms with E-state index in [0.717, 1.165) is 11.4 Å². The Balaban J connectivity index is 2.11. The van der Waals surface area contributed by atoms with Crippen molar-refractivity contribution in [3.63, 3.8) is 0 Å². The number of carboxylic acid groups (broad SMARTS) is 1. The van der Waals surface area contributed by atoms with Gasteiger partial charge in [-0.05, 0) is 24.3 Å². The van der Waals surface area contributed by atoms with Crippen molar-refractivity contribution in [2.24, 2.45) is 0 Å². The van der Waals surface area contributed by atoms with E-state index in [0.29, 0.717) is 11.5 Å². The molecule has 0 saturated heterocycles. The Morgan fingerprint density at radius 1 is 1.32 bits per heavy atom. The van der Waals surface area contributed by atoms with E-state index in [1.54, 1.807) is 13.2 Å². The van der Waals surface area contributed by atoms with Crippen LogP contribution >= 0.6 is 0 Å². The van der Waals surface area contributed by atoms with Gasteiger partial charge in [0, 0.05) is 11.8 Å². The third-order valence-electron chi connectivity index (χ3n) is 2.42. The van der Waals surface area contributed by atoms with Gasteiger partial charge in [-0.25, -0.2) is 9.97 Å². The minimum atomic E-state index is -0.922. The van der Waals surface area contributed by atoms with Gasteiger partial charge in [0.1, 0.15) is 17.9 Å². The monoisotopic (exact) mass is 259 g/mol. The number of benzene rings is 1. The van der Waals surface area contributed by atoms with Gasteiger partial charge in [0.25, 0.3) is 0 Å². The van der Waals surface area contributed by atoms with Crippen molar-refractivity contribution in [1.82, 2.24) is 9.97 Å². The number of carboxylic acids is 1. The highest BCUT2D eigenvalue weighted by Gasteiger charge is 2.04. The summed E-state index contributed by atoms with van der Waals surface area (Å²) in [5.74, 6) is 0.394. The minimum Gasteiger partial charge on any atom is -0.497 e. The second kappa shape index (κ2) is 5.81. The Hall–Kier alpha value is -2.63. The summed E-state index contributed by atoms with van der Waals surface area (Å²) in [5.41, 5.74) is 1.29. The van der Waals surface area contributed by atoms with E-state index in [1.807, 2.05) is 24.3 Å². The average molecular weight is 259 g/mol. The molecule has 6 nitrogen and oxygen atoms in total. The molecule has 1 aromatic heterocycles. The molecule has 2 N–H and O–H groups in total. The van der Waals surface area contributed by atoms with Crippen LogP contribution < -0.4 is 10.1 Å². The van der Waals surface area contributed by atoms with Crippen LogP contribution in [0.4, 0.5) is 11.5 Å². The van der Waals surface area contributed by atoms with E-state index in [4.69, 9.17) is 9.84 Å². The van der Waals surface area contributed by atoms with Crippen molar-refractivity contribution in [3.05, 3.63) is 42.4 Å². The average Bonchev–Trinajstić information content (AvgIpc) is 2.39. The standard InChI is InChI=1S/C13H13N3O3/c1-19-11-4-2-9(3-5-11)16-12-6-10(7-13(17)18)14-8-15-12/h2-6,8H,7H2,1H3,(H,17,18)(H,14,15,16). The Morgan fingerprint density at radius 3 is 2.68 bits per heavy atom. The molecule has 0 spiro atoms. The number of carbonyl (C=O) groups is 1. The molecule has 6 heteroatoms. The largest absolute Gasteiger partial charge is 0.497 e. The highest BCUT2D eigenvalue weighted by atomic mass is 16.5. The number of anilines is 2. The van der Waals surface area contributed by atoms with Gasteiger partial charge >= 0.3 is 5.97 Å². The van der Waals surface area contributed by atoms with Gasteiger partial charge in [0.15, 0.2) is 0 Å². The lowest BCUT2D eigenvalue weighted by atomic mass is 10.2. The molecule has 0 amide bonds. The third kappa shape index (κ3) is 3.67. The zero-order valence-electron chi connectivity index (χ0n) is 10.3. The first-order valence-electron chi connectivity index (χ1n) is 5.61. The first-order valence-corrected chi connectivity index (χ1v) is 5.61. The lowest BCUT2D eigenvalue weighted by Gasteiger charge is -2.07. The molecular weight excluding hydrogens is 246 g/mol. The smallest absolute Gasteiger partial charge is 0.309 e. The van der Waals surface area contributed by atoms with Gasteiger partial charge in [0.2, 0.25) is 0 Å². The van der Waals surface area contributed by atoms with Crippen LogP contribution in [0.3, 0.4) is 0 Å². The van der Waals surface area contributed by atoms with Gasteiger partial charge in [-0.1, -0.05) is 0 Å². The lowest BCUT2D eigenvalue weighted by molar-refractivity contribution is -0.136. The maximum Gasteiger partial charge on any atom is 0.309 e. The van der Waals surface area contributed by atoms with E-state index >= 15 is 0 Å². The molecule has 0 saturated carbocycles. The number of aliphatic carboxylic acids is 1. The van der Waals surface area contributed by atoms with E-state index in [1.165, 1.54) is 6.33 Å². The summed E-state index contributed by atoms with van der Waals surface area (Å²) in [6.45, 7) is 0. The first kappa shape index (κ1) is 12.8. The Morgan fingerprint density at radius 2 is 2.05 bits per heavy atom. The van der Waals surface area contributed by atoms with Crippen LogP contribution in [-0.2, 0) is 11.2 Å². The summed E-state index contributed by atoms with van der Waals surface area (Å²) in [6.07, 6.45) is 1.21. The molecule has 0 fully saturated rings.